The summed E-state index contributed by atoms with van der Waals surface area (Å²) >= 11 is 7.51. The first-order chi connectivity index (χ1) is 13.8. The maximum Gasteiger partial charge on any atom is 0.227 e. The van der Waals surface area contributed by atoms with Crippen molar-refractivity contribution in [3.8, 4) is 0 Å². The largest absolute Gasteiger partial charge is 0.325 e. The van der Waals surface area contributed by atoms with Crippen LogP contribution in [-0.4, -0.2) is 38.0 Å². The maximum absolute atomic E-state index is 14.0. The highest BCUT2D eigenvalue weighted by atomic mass is 35.5. The Morgan fingerprint density at radius 1 is 1.21 bits per heavy atom. The smallest absolute Gasteiger partial charge is 0.227 e. The van der Waals surface area contributed by atoms with E-state index in [1.165, 1.54) is 22.5 Å². The Kier molecular flexibility index (Phi) is 7.21. The van der Waals surface area contributed by atoms with E-state index in [9.17, 15) is 17.6 Å². The molecular formula is C20H22ClFN2O3S2. The van der Waals surface area contributed by atoms with Gasteiger partial charge in [-0.05, 0) is 43.4 Å². The van der Waals surface area contributed by atoms with E-state index in [2.05, 4.69) is 5.32 Å². The van der Waals surface area contributed by atoms with Gasteiger partial charge in [-0.3, -0.25) is 4.79 Å². The third-order valence-electron chi connectivity index (χ3n) is 4.97. The molecule has 1 aliphatic rings. The summed E-state index contributed by atoms with van der Waals surface area (Å²) in [5.41, 5.74) is 0.733. The van der Waals surface area contributed by atoms with E-state index >= 15 is 0 Å². The van der Waals surface area contributed by atoms with Crippen LogP contribution in [0.15, 0.2) is 47.4 Å². The van der Waals surface area contributed by atoms with Gasteiger partial charge in [-0.15, -0.1) is 11.8 Å². The SMILES string of the molecule is CSc1ccccc1NC(=O)C1CCN(S(=O)(=O)Cc2c(F)cccc2Cl)CC1. The van der Waals surface area contributed by atoms with Crippen LogP contribution in [0.1, 0.15) is 18.4 Å². The average Bonchev–Trinajstić information content (AvgIpc) is 2.71. The number of sulfonamides is 1. The number of anilines is 1. The van der Waals surface area contributed by atoms with Crippen molar-refractivity contribution in [1.82, 2.24) is 4.31 Å². The van der Waals surface area contributed by atoms with Crippen LogP contribution >= 0.6 is 23.4 Å². The summed E-state index contributed by atoms with van der Waals surface area (Å²) in [6.45, 7) is 0.438. The third-order valence-corrected chi connectivity index (χ3v) is 7.93. The lowest BCUT2D eigenvalue weighted by atomic mass is 9.97. The topological polar surface area (TPSA) is 66.5 Å². The quantitative estimate of drug-likeness (QED) is 0.655. The fourth-order valence-electron chi connectivity index (χ4n) is 3.32. The monoisotopic (exact) mass is 456 g/mol. The van der Waals surface area contributed by atoms with Crippen molar-refractivity contribution < 1.29 is 17.6 Å². The maximum atomic E-state index is 14.0. The van der Waals surface area contributed by atoms with E-state index in [0.717, 1.165) is 10.6 Å². The van der Waals surface area contributed by atoms with E-state index in [1.54, 1.807) is 11.8 Å². The lowest BCUT2D eigenvalue weighted by Gasteiger charge is -2.30. The average molecular weight is 457 g/mol. The minimum absolute atomic E-state index is 0.0253. The van der Waals surface area contributed by atoms with Crippen LogP contribution in [0, 0.1) is 11.7 Å². The number of benzene rings is 2. The molecule has 9 heteroatoms. The molecule has 5 nitrogen and oxygen atoms in total. The Labute approximate surface area is 179 Å². The van der Waals surface area contributed by atoms with Crippen molar-refractivity contribution in [3.05, 3.63) is 58.9 Å². The fraction of sp³-hybridized carbons (Fsp3) is 0.350. The molecule has 2 aromatic carbocycles. The molecule has 1 amide bonds. The Hall–Kier alpha value is -1.61. The standard InChI is InChI=1S/C20H22ClFN2O3S2/c1-28-19-8-3-2-7-18(19)23-20(25)14-9-11-24(12-10-14)29(26,27)13-15-16(21)5-4-6-17(15)22/h2-8,14H,9-13H2,1H3,(H,23,25). The third kappa shape index (κ3) is 5.31. The van der Waals surface area contributed by atoms with E-state index in [0.29, 0.717) is 12.8 Å². The zero-order valence-corrected chi connectivity index (χ0v) is 18.3. The second-order valence-electron chi connectivity index (χ2n) is 6.82. The van der Waals surface area contributed by atoms with Gasteiger partial charge in [-0.2, -0.15) is 0 Å². The molecule has 1 heterocycles. The highest BCUT2D eigenvalue weighted by Crippen LogP contribution is 2.28. The van der Waals surface area contributed by atoms with Gasteiger partial charge in [0.25, 0.3) is 0 Å². The zero-order valence-electron chi connectivity index (χ0n) is 15.9. The molecule has 29 heavy (non-hydrogen) atoms. The summed E-state index contributed by atoms with van der Waals surface area (Å²) in [4.78, 5) is 13.6. The predicted octanol–water partition coefficient (Wildman–Crippen LogP) is 4.38. The summed E-state index contributed by atoms with van der Waals surface area (Å²) in [6.07, 6.45) is 2.77. The molecule has 3 rings (SSSR count). The molecule has 1 saturated heterocycles. The molecule has 1 fully saturated rings. The highest BCUT2D eigenvalue weighted by molar-refractivity contribution is 7.98. The molecule has 0 bridgehead atoms. The lowest BCUT2D eigenvalue weighted by Crippen LogP contribution is -2.42. The summed E-state index contributed by atoms with van der Waals surface area (Å²) in [5.74, 6) is -1.51. The van der Waals surface area contributed by atoms with Crippen molar-refractivity contribution in [3.63, 3.8) is 0 Å². The van der Waals surface area contributed by atoms with Crippen LogP contribution < -0.4 is 5.32 Å². The van der Waals surface area contributed by atoms with E-state index in [-0.39, 0.29) is 35.5 Å². The van der Waals surface area contributed by atoms with Crippen molar-refractivity contribution >= 4 is 45.0 Å². The highest BCUT2D eigenvalue weighted by Gasteiger charge is 2.32. The Morgan fingerprint density at radius 2 is 1.90 bits per heavy atom. The molecule has 0 aromatic heterocycles. The van der Waals surface area contributed by atoms with Crippen LogP contribution in [0.5, 0.6) is 0 Å². The van der Waals surface area contributed by atoms with Gasteiger partial charge in [0.05, 0.1) is 11.4 Å². The molecule has 0 radical (unpaired) electrons. The normalized spacial score (nSPS) is 16.0. The molecule has 2 aromatic rings. The van der Waals surface area contributed by atoms with Gasteiger partial charge in [0.1, 0.15) is 5.82 Å². The molecule has 0 spiro atoms. The predicted molar refractivity (Wildman–Crippen MR) is 115 cm³/mol. The van der Waals surface area contributed by atoms with Crippen LogP contribution in [0.25, 0.3) is 0 Å². The minimum Gasteiger partial charge on any atom is -0.325 e. The number of carbonyl (C=O) groups excluding carboxylic acids is 1. The number of nitrogens with one attached hydrogen (secondary N) is 1. The van der Waals surface area contributed by atoms with Gasteiger partial charge in [-0.25, -0.2) is 17.1 Å². The van der Waals surface area contributed by atoms with Crippen LogP contribution in [0.3, 0.4) is 0 Å². The van der Waals surface area contributed by atoms with Crippen LogP contribution in [-0.2, 0) is 20.6 Å². The van der Waals surface area contributed by atoms with Crippen molar-refractivity contribution in [1.29, 1.82) is 0 Å². The zero-order chi connectivity index (χ0) is 21.0. The molecule has 156 valence electrons. The first-order valence-electron chi connectivity index (χ1n) is 9.16. The number of nitrogens with zero attached hydrogens (tertiary/aromatic N) is 1. The van der Waals surface area contributed by atoms with E-state index < -0.39 is 21.6 Å². The van der Waals surface area contributed by atoms with Gasteiger partial charge in [0, 0.05) is 34.5 Å². The summed E-state index contributed by atoms with van der Waals surface area (Å²) < 4.78 is 40.7. The molecule has 0 atom stereocenters. The van der Waals surface area contributed by atoms with Crippen LogP contribution in [0.4, 0.5) is 10.1 Å². The number of hydrogen-bond donors (Lipinski definition) is 1. The van der Waals surface area contributed by atoms with Gasteiger partial charge in [0.2, 0.25) is 15.9 Å². The number of piperidine rings is 1. The number of amides is 1. The fourth-order valence-corrected chi connectivity index (χ4v) is 5.79. The first-order valence-corrected chi connectivity index (χ1v) is 12.4. The molecule has 1 aliphatic heterocycles. The van der Waals surface area contributed by atoms with Gasteiger partial charge in [0.15, 0.2) is 0 Å². The summed E-state index contributed by atoms with van der Waals surface area (Å²) in [5, 5.41) is 3.04. The van der Waals surface area contributed by atoms with E-state index in [1.807, 2.05) is 30.5 Å². The molecule has 0 saturated carbocycles. The molecular weight excluding hydrogens is 435 g/mol. The van der Waals surface area contributed by atoms with Gasteiger partial charge in [-0.1, -0.05) is 29.8 Å². The number of hydrogen-bond acceptors (Lipinski definition) is 4. The molecule has 0 unspecified atom stereocenters. The first kappa shape index (κ1) is 22.1. The molecule has 1 N–H and O–H groups in total. The number of para-hydroxylation sites is 1. The second-order valence-corrected chi connectivity index (χ2v) is 10.0. The van der Waals surface area contributed by atoms with Crippen molar-refractivity contribution in [2.24, 2.45) is 5.92 Å². The minimum atomic E-state index is -3.73. The Bertz CT molecular complexity index is 973. The van der Waals surface area contributed by atoms with Crippen molar-refractivity contribution in [2.45, 2.75) is 23.5 Å². The number of halogens is 2. The van der Waals surface area contributed by atoms with Crippen molar-refractivity contribution in [2.75, 3.05) is 24.7 Å². The number of carbonyl (C=O) groups is 1. The number of thioether (sulfide) groups is 1. The summed E-state index contributed by atoms with van der Waals surface area (Å²) in [6, 6.07) is 11.7. The number of rotatable bonds is 6. The second kappa shape index (κ2) is 9.47. The van der Waals surface area contributed by atoms with E-state index in [4.69, 9.17) is 11.6 Å². The molecule has 0 aliphatic carbocycles. The Morgan fingerprint density at radius 3 is 2.55 bits per heavy atom. The lowest BCUT2D eigenvalue weighted by molar-refractivity contribution is -0.120. The van der Waals surface area contributed by atoms with Gasteiger partial charge < -0.3 is 5.32 Å². The Balaban J connectivity index is 1.61. The van der Waals surface area contributed by atoms with Gasteiger partial charge >= 0.3 is 0 Å². The van der Waals surface area contributed by atoms with Crippen LogP contribution in [0.2, 0.25) is 5.02 Å². The summed E-state index contributed by atoms with van der Waals surface area (Å²) in [7, 11) is -3.73.